The van der Waals surface area contributed by atoms with E-state index in [-0.39, 0.29) is 11.9 Å². The maximum atomic E-state index is 12.2. The Bertz CT molecular complexity index is 871. The number of carbonyl (C=O) groups is 1. The quantitative estimate of drug-likeness (QED) is 0.665. The van der Waals surface area contributed by atoms with Gasteiger partial charge in [0.05, 0.1) is 25.8 Å². The highest BCUT2D eigenvalue weighted by Gasteiger charge is 2.29. The van der Waals surface area contributed by atoms with Crippen molar-refractivity contribution in [3.8, 4) is 0 Å². The summed E-state index contributed by atoms with van der Waals surface area (Å²) in [5.41, 5.74) is 1.57. The van der Waals surface area contributed by atoms with Crippen molar-refractivity contribution in [1.82, 2.24) is 24.4 Å². The summed E-state index contributed by atoms with van der Waals surface area (Å²) in [6.45, 7) is 8.67. The molecule has 2 aromatic rings. The third-order valence-corrected chi connectivity index (χ3v) is 5.82. The molecule has 4 rings (SSSR count). The molecule has 2 saturated heterocycles. The summed E-state index contributed by atoms with van der Waals surface area (Å²) in [4.78, 5) is 32.5. The minimum absolute atomic E-state index is 0.0800. The predicted octanol–water partition coefficient (Wildman–Crippen LogP) is 1.11. The molecule has 1 unspecified atom stereocenters. The van der Waals surface area contributed by atoms with Crippen molar-refractivity contribution in [1.29, 1.82) is 0 Å². The number of imidazole rings is 1. The lowest BCUT2D eigenvalue weighted by Crippen LogP contribution is -2.49. The van der Waals surface area contributed by atoms with Crippen LogP contribution in [0.15, 0.2) is 4.73 Å². The van der Waals surface area contributed by atoms with Crippen LogP contribution < -0.4 is 9.80 Å². The largest absolute Gasteiger partial charge is 0.377 e. The number of hydrogen-bond acceptors (Lipinski definition) is 7. The zero-order chi connectivity index (χ0) is 19.1. The number of aryl methyl sites for hydroxylation is 1. The minimum Gasteiger partial charge on any atom is -0.377 e. The first-order valence-electron chi connectivity index (χ1n) is 9.26. The lowest BCUT2D eigenvalue weighted by Gasteiger charge is -2.36. The van der Waals surface area contributed by atoms with Crippen LogP contribution in [0.25, 0.3) is 11.2 Å². The van der Waals surface area contributed by atoms with E-state index in [9.17, 15) is 4.79 Å². The molecule has 10 heteroatoms. The van der Waals surface area contributed by atoms with Crippen LogP contribution in [0.1, 0.15) is 13.8 Å². The molecule has 1 amide bonds. The number of aromatic nitrogens is 4. The maximum absolute atomic E-state index is 12.2. The summed E-state index contributed by atoms with van der Waals surface area (Å²) in [5, 5.41) is 0. The Hall–Kier alpha value is -1.94. The van der Waals surface area contributed by atoms with Crippen molar-refractivity contribution in [2.45, 2.75) is 26.4 Å². The van der Waals surface area contributed by atoms with Crippen LogP contribution in [0, 0.1) is 0 Å². The average Bonchev–Trinajstić information content (AvgIpc) is 2.98. The zero-order valence-electron chi connectivity index (χ0n) is 15.9. The third kappa shape index (κ3) is 3.25. The van der Waals surface area contributed by atoms with Crippen molar-refractivity contribution in [2.24, 2.45) is 0 Å². The highest BCUT2D eigenvalue weighted by atomic mass is 79.9. The van der Waals surface area contributed by atoms with Crippen LogP contribution in [0.3, 0.4) is 0 Å². The fraction of sp³-hybridized carbons (Fsp3) is 0.647. The monoisotopic (exact) mass is 437 g/mol. The number of amides is 1. The van der Waals surface area contributed by atoms with E-state index in [4.69, 9.17) is 14.7 Å². The van der Waals surface area contributed by atoms with Crippen molar-refractivity contribution in [2.75, 3.05) is 56.2 Å². The summed E-state index contributed by atoms with van der Waals surface area (Å²) < 4.78 is 8.35. The Balaban J connectivity index is 1.84. The Kier molecular flexibility index (Phi) is 4.94. The molecule has 146 valence electrons. The maximum Gasteiger partial charge on any atom is 0.242 e. The second-order valence-corrected chi connectivity index (χ2v) is 7.71. The van der Waals surface area contributed by atoms with Gasteiger partial charge in [0.25, 0.3) is 0 Å². The van der Waals surface area contributed by atoms with Crippen molar-refractivity contribution >= 4 is 44.8 Å². The third-order valence-electron chi connectivity index (χ3n) is 5.21. The molecule has 0 saturated carbocycles. The Morgan fingerprint density at radius 3 is 2.74 bits per heavy atom. The molecular weight excluding hydrogens is 414 g/mol. The number of halogens is 1. The van der Waals surface area contributed by atoms with Gasteiger partial charge in [-0.3, -0.25) is 4.79 Å². The van der Waals surface area contributed by atoms with E-state index in [0.29, 0.717) is 38.8 Å². The molecule has 2 aromatic heterocycles. The molecular formula is C17H24BrN7O2. The molecule has 9 nitrogen and oxygen atoms in total. The van der Waals surface area contributed by atoms with Gasteiger partial charge in [0.2, 0.25) is 11.9 Å². The Labute approximate surface area is 166 Å². The van der Waals surface area contributed by atoms with Crippen LogP contribution in [0.2, 0.25) is 0 Å². The fourth-order valence-corrected chi connectivity index (χ4v) is 4.14. The lowest BCUT2D eigenvalue weighted by molar-refractivity contribution is -0.129. The molecule has 2 aliphatic rings. The van der Waals surface area contributed by atoms with Gasteiger partial charge < -0.3 is 24.0 Å². The molecule has 1 atom stereocenters. The molecule has 2 fully saturated rings. The Morgan fingerprint density at radius 1 is 1.22 bits per heavy atom. The second-order valence-electron chi connectivity index (χ2n) is 7.00. The smallest absolute Gasteiger partial charge is 0.242 e. The average molecular weight is 438 g/mol. The van der Waals surface area contributed by atoms with Crippen LogP contribution in [0.4, 0.5) is 11.8 Å². The molecule has 2 aliphatic heterocycles. The van der Waals surface area contributed by atoms with E-state index < -0.39 is 0 Å². The summed E-state index contributed by atoms with van der Waals surface area (Å²) in [7, 11) is 1.83. The zero-order valence-corrected chi connectivity index (χ0v) is 17.4. The predicted molar refractivity (Wildman–Crippen MR) is 106 cm³/mol. The number of fused-ring (bicyclic) bond motifs is 1. The Morgan fingerprint density at radius 2 is 2.04 bits per heavy atom. The number of anilines is 2. The van der Waals surface area contributed by atoms with Crippen LogP contribution in [-0.2, 0) is 16.1 Å². The van der Waals surface area contributed by atoms with Gasteiger partial charge in [-0.15, -0.1) is 0 Å². The van der Waals surface area contributed by atoms with E-state index in [0.717, 1.165) is 34.8 Å². The first kappa shape index (κ1) is 18.4. The van der Waals surface area contributed by atoms with Gasteiger partial charge in [-0.25, -0.2) is 4.98 Å². The van der Waals surface area contributed by atoms with Crippen LogP contribution >= 0.6 is 15.9 Å². The normalized spacial score (nSPS) is 21.4. The van der Waals surface area contributed by atoms with E-state index in [1.165, 1.54) is 0 Å². The van der Waals surface area contributed by atoms with Gasteiger partial charge >= 0.3 is 0 Å². The number of ether oxygens (including phenoxy) is 1. The fourth-order valence-electron chi connectivity index (χ4n) is 3.54. The summed E-state index contributed by atoms with van der Waals surface area (Å²) in [6.07, 6.45) is 0. The topological polar surface area (TPSA) is 79.6 Å². The molecule has 0 bridgehead atoms. The van der Waals surface area contributed by atoms with Crippen LogP contribution in [0.5, 0.6) is 0 Å². The lowest BCUT2D eigenvalue weighted by atomic mass is 10.2. The van der Waals surface area contributed by atoms with E-state index in [2.05, 4.69) is 39.7 Å². The van der Waals surface area contributed by atoms with E-state index in [1.54, 1.807) is 4.90 Å². The standard InChI is InChI=1S/C17H24BrN7O2/c1-4-24-14-13(19-16(24)18)15(25-7-8-27-10-11(25)2)21-17(20-14)23-6-5-22(3)12(26)9-23/h11H,4-10H2,1-3H3. The number of likely N-dealkylation sites (N-methyl/N-ethyl adjacent to an activating group) is 1. The molecule has 0 aliphatic carbocycles. The van der Waals surface area contributed by atoms with Crippen molar-refractivity contribution in [3.63, 3.8) is 0 Å². The van der Waals surface area contributed by atoms with Gasteiger partial charge in [0, 0.05) is 33.2 Å². The molecule has 4 heterocycles. The van der Waals surface area contributed by atoms with Gasteiger partial charge in [-0.1, -0.05) is 0 Å². The van der Waals surface area contributed by atoms with Gasteiger partial charge in [-0.05, 0) is 29.8 Å². The van der Waals surface area contributed by atoms with Gasteiger partial charge in [-0.2, -0.15) is 9.97 Å². The number of nitrogens with zero attached hydrogens (tertiary/aromatic N) is 7. The van der Waals surface area contributed by atoms with Crippen molar-refractivity contribution < 1.29 is 9.53 Å². The molecule has 0 aromatic carbocycles. The number of morpholine rings is 1. The molecule has 0 N–H and O–H groups in total. The molecule has 0 spiro atoms. The molecule has 0 radical (unpaired) electrons. The van der Waals surface area contributed by atoms with Crippen LogP contribution in [-0.4, -0.2) is 82.8 Å². The van der Waals surface area contributed by atoms with E-state index in [1.807, 2.05) is 16.5 Å². The summed E-state index contributed by atoms with van der Waals surface area (Å²) in [5.74, 6) is 1.47. The summed E-state index contributed by atoms with van der Waals surface area (Å²) in [6, 6.07) is 0.198. The number of rotatable bonds is 3. The van der Waals surface area contributed by atoms with E-state index >= 15 is 0 Å². The van der Waals surface area contributed by atoms with Gasteiger partial charge in [0.15, 0.2) is 21.7 Å². The first-order valence-corrected chi connectivity index (χ1v) is 10.1. The first-order chi connectivity index (χ1) is 13.0. The number of piperazine rings is 1. The number of carbonyl (C=O) groups excluding carboxylic acids is 1. The van der Waals surface area contributed by atoms with Gasteiger partial charge in [0.1, 0.15) is 0 Å². The highest BCUT2D eigenvalue weighted by molar-refractivity contribution is 9.10. The second kappa shape index (κ2) is 7.23. The summed E-state index contributed by atoms with van der Waals surface area (Å²) >= 11 is 3.55. The highest BCUT2D eigenvalue weighted by Crippen LogP contribution is 2.31. The molecule has 27 heavy (non-hydrogen) atoms. The van der Waals surface area contributed by atoms with Crippen molar-refractivity contribution in [3.05, 3.63) is 4.73 Å². The number of hydrogen-bond donors (Lipinski definition) is 0. The SMILES string of the molecule is CCn1c(Br)nc2c(N3CCOCC3C)nc(N3CCN(C)C(=O)C3)nc21. The minimum atomic E-state index is 0.0800.